The number of nitrogens with one attached hydrogen (secondary N) is 1. The van der Waals surface area contributed by atoms with Crippen molar-refractivity contribution in [2.45, 2.75) is 46.1 Å². The Kier molecular flexibility index (Phi) is 6.35. The molecular weight excluding hydrogens is 304 g/mol. The Morgan fingerprint density at radius 3 is 2.58 bits per heavy atom. The number of benzene rings is 1. The van der Waals surface area contributed by atoms with Crippen LogP contribution in [0.4, 0.5) is 5.69 Å². The molecule has 0 fully saturated rings. The lowest BCUT2D eigenvalue weighted by Gasteiger charge is -2.15. The van der Waals surface area contributed by atoms with E-state index in [2.05, 4.69) is 35.1 Å². The number of nitrogens with two attached hydrogens (primary N) is 1. The Morgan fingerprint density at radius 1 is 1.32 bits per heavy atom. The van der Waals surface area contributed by atoms with Crippen molar-refractivity contribution in [3.8, 4) is 0 Å². The molecule has 1 atom stereocenters. The van der Waals surface area contributed by atoms with Crippen molar-refractivity contribution < 1.29 is 4.79 Å². The number of halogens is 1. The molecule has 0 aliphatic carbocycles. The van der Waals surface area contributed by atoms with Crippen LogP contribution in [0.1, 0.15) is 50.4 Å². The molecule has 4 heteroatoms. The van der Waals surface area contributed by atoms with Gasteiger partial charge in [-0.05, 0) is 53.4 Å². The van der Waals surface area contributed by atoms with Gasteiger partial charge in [0.15, 0.2) is 0 Å². The topological polar surface area (TPSA) is 55.1 Å². The van der Waals surface area contributed by atoms with Crippen LogP contribution < -0.4 is 11.1 Å². The fourth-order valence-corrected chi connectivity index (χ4v) is 2.26. The van der Waals surface area contributed by atoms with E-state index in [9.17, 15) is 4.79 Å². The molecule has 106 valence electrons. The number of hydrogen-bond donors (Lipinski definition) is 2. The van der Waals surface area contributed by atoms with Crippen LogP contribution in [0.5, 0.6) is 0 Å². The minimum atomic E-state index is -0.0438. The lowest BCUT2D eigenvalue weighted by Crippen LogP contribution is -2.32. The lowest BCUT2D eigenvalue weighted by molar-refractivity contribution is 0.0937. The van der Waals surface area contributed by atoms with Gasteiger partial charge in [0.1, 0.15) is 0 Å². The highest BCUT2D eigenvalue weighted by Crippen LogP contribution is 2.20. The van der Waals surface area contributed by atoms with Crippen molar-refractivity contribution in [1.82, 2.24) is 5.32 Å². The first-order chi connectivity index (χ1) is 8.90. The number of rotatable bonds is 6. The first kappa shape index (κ1) is 16.0. The summed E-state index contributed by atoms with van der Waals surface area (Å²) in [5.74, 6) is 0.675. The number of hydrogen-bond acceptors (Lipinski definition) is 2. The third-order valence-electron chi connectivity index (χ3n) is 3.06. The zero-order valence-corrected chi connectivity index (χ0v) is 13.5. The molecule has 0 aliphatic heterocycles. The van der Waals surface area contributed by atoms with Gasteiger partial charge in [-0.1, -0.05) is 26.7 Å². The minimum absolute atomic E-state index is 0.0438. The Balaban J connectivity index is 2.47. The quantitative estimate of drug-likeness (QED) is 0.777. The molecule has 1 rings (SSSR count). The SMILES string of the molecule is CC(C)CCCC(C)NC(=O)c1ccc(N)c(Br)c1. The second-order valence-corrected chi connectivity index (χ2v) is 6.29. The van der Waals surface area contributed by atoms with Crippen molar-refractivity contribution in [1.29, 1.82) is 0 Å². The van der Waals surface area contributed by atoms with Gasteiger partial charge in [-0.25, -0.2) is 0 Å². The Labute approximate surface area is 124 Å². The van der Waals surface area contributed by atoms with E-state index in [0.717, 1.165) is 23.2 Å². The van der Waals surface area contributed by atoms with Gasteiger partial charge in [-0.3, -0.25) is 4.79 Å². The number of anilines is 1. The van der Waals surface area contributed by atoms with E-state index in [-0.39, 0.29) is 11.9 Å². The van der Waals surface area contributed by atoms with Crippen molar-refractivity contribution in [3.63, 3.8) is 0 Å². The van der Waals surface area contributed by atoms with E-state index in [1.165, 1.54) is 6.42 Å². The minimum Gasteiger partial charge on any atom is -0.398 e. The molecule has 0 aliphatic rings. The monoisotopic (exact) mass is 326 g/mol. The van der Waals surface area contributed by atoms with Crippen LogP contribution in [0.15, 0.2) is 22.7 Å². The summed E-state index contributed by atoms with van der Waals surface area (Å²) in [5.41, 5.74) is 6.98. The maximum atomic E-state index is 12.0. The molecule has 1 aromatic carbocycles. The smallest absolute Gasteiger partial charge is 0.251 e. The van der Waals surface area contributed by atoms with Gasteiger partial charge < -0.3 is 11.1 Å². The van der Waals surface area contributed by atoms with E-state index >= 15 is 0 Å². The Hall–Kier alpha value is -1.03. The predicted octanol–water partition coefficient (Wildman–Crippen LogP) is 3.98. The molecule has 1 aromatic rings. The highest BCUT2D eigenvalue weighted by Gasteiger charge is 2.11. The van der Waals surface area contributed by atoms with Gasteiger partial charge >= 0.3 is 0 Å². The van der Waals surface area contributed by atoms with E-state index in [4.69, 9.17) is 5.73 Å². The molecule has 3 nitrogen and oxygen atoms in total. The standard InChI is InChI=1S/C15H23BrN2O/c1-10(2)5-4-6-11(3)18-15(19)12-7-8-14(17)13(16)9-12/h7-11H,4-6,17H2,1-3H3,(H,18,19). The maximum Gasteiger partial charge on any atom is 0.251 e. The van der Waals surface area contributed by atoms with Crippen LogP contribution in [0.3, 0.4) is 0 Å². The third-order valence-corrected chi connectivity index (χ3v) is 3.75. The second-order valence-electron chi connectivity index (χ2n) is 5.44. The van der Waals surface area contributed by atoms with E-state index in [1.54, 1.807) is 18.2 Å². The van der Waals surface area contributed by atoms with Crippen LogP contribution in [-0.4, -0.2) is 11.9 Å². The van der Waals surface area contributed by atoms with Crippen LogP contribution >= 0.6 is 15.9 Å². The maximum absolute atomic E-state index is 12.0. The third kappa shape index (κ3) is 5.64. The van der Waals surface area contributed by atoms with Crippen LogP contribution in [0, 0.1) is 5.92 Å². The van der Waals surface area contributed by atoms with Crippen LogP contribution in [0.25, 0.3) is 0 Å². The summed E-state index contributed by atoms with van der Waals surface area (Å²) in [5, 5.41) is 3.02. The molecule has 1 unspecified atom stereocenters. The van der Waals surface area contributed by atoms with E-state index in [0.29, 0.717) is 11.3 Å². The summed E-state index contributed by atoms with van der Waals surface area (Å²) in [6, 6.07) is 5.44. The zero-order chi connectivity index (χ0) is 14.4. The summed E-state index contributed by atoms with van der Waals surface area (Å²) < 4.78 is 0.757. The largest absolute Gasteiger partial charge is 0.398 e. The molecule has 3 N–H and O–H groups in total. The van der Waals surface area contributed by atoms with Gasteiger partial charge in [0.2, 0.25) is 0 Å². The van der Waals surface area contributed by atoms with Gasteiger partial charge in [0.05, 0.1) is 0 Å². The van der Waals surface area contributed by atoms with Crippen molar-refractivity contribution in [2.24, 2.45) is 5.92 Å². The molecule has 0 aromatic heterocycles. The highest BCUT2D eigenvalue weighted by atomic mass is 79.9. The fourth-order valence-electron chi connectivity index (χ4n) is 1.88. The van der Waals surface area contributed by atoms with Crippen molar-refractivity contribution in [2.75, 3.05) is 5.73 Å². The number of carbonyl (C=O) groups is 1. The molecular formula is C15H23BrN2O. The summed E-state index contributed by atoms with van der Waals surface area (Å²) in [6.45, 7) is 6.48. The van der Waals surface area contributed by atoms with E-state index < -0.39 is 0 Å². The molecule has 0 bridgehead atoms. The first-order valence-corrected chi connectivity index (χ1v) is 7.55. The zero-order valence-electron chi connectivity index (χ0n) is 11.9. The van der Waals surface area contributed by atoms with Gasteiger partial charge in [-0.2, -0.15) is 0 Å². The van der Waals surface area contributed by atoms with Crippen molar-refractivity contribution in [3.05, 3.63) is 28.2 Å². The van der Waals surface area contributed by atoms with Gasteiger partial charge in [0, 0.05) is 21.8 Å². The summed E-state index contributed by atoms with van der Waals surface area (Å²) in [6.07, 6.45) is 3.36. The summed E-state index contributed by atoms with van der Waals surface area (Å²) in [7, 11) is 0. The molecule has 0 saturated carbocycles. The number of carbonyl (C=O) groups excluding carboxylic acids is 1. The number of amides is 1. The summed E-state index contributed by atoms with van der Waals surface area (Å²) >= 11 is 3.33. The number of nitrogen functional groups attached to an aromatic ring is 1. The Morgan fingerprint density at radius 2 is 2.00 bits per heavy atom. The average Bonchev–Trinajstić information content (AvgIpc) is 2.32. The predicted molar refractivity (Wildman–Crippen MR) is 84.2 cm³/mol. The average molecular weight is 327 g/mol. The molecule has 0 heterocycles. The fraction of sp³-hybridized carbons (Fsp3) is 0.533. The molecule has 19 heavy (non-hydrogen) atoms. The highest BCUT2D eigenvalue weighted by molar-refractivity contribution is 9.10. The lowest BCUT2D eigenvalue weighted by atomic mass is 10.0. The molecule has 0 spiro atoms. The van der Waals surface area contributed by atoms with Gasteiger partial charge in [0.25, 0.3) is 5.91 Å². The second kappa shape index (κ2) is 7.53. The molecule has 0 saturated heterocycles. The van der Waals surface area contributed by atoms with Gasteiger partial charge in [-0.15, -0.1) is 0 Å². The van der Waals surface area contributed by atoms with Crippen LogP contribution in [0.2, 0.25) is 0 Å². The Bertz CT molecular complexity index is 432. The van der Waals surface area contributed by atoms with Crippen molar-refractivity contribution >= 4 is 27.5 Å². The van der Waals surface area contributed by atoms with E-state index in [1.807, 2.05) is 6.92 Å². The van der Waals surface area contributed by atoms with Crippen LogP contribution in [-0.2, 0) is 0 Å². The molecule has 1 amide bonds. The normalized spacial score (nSPS) is 12.5. The molecule has 0 radical (unpaired) electrons. The first-order valence-electron chi connectivity index (χ1n) is 6.76. The summed E-state index contributed by atoms with van der Waals surface area (Å²) in [4.78, 5) is 12.0.